The van der Waals surface area contributed by atoms with Crippen molar-refractivity contribution in [3.63, 3.8) is 0 Å². The molecule has 0 spiro atoms. The highest BCUT2D eigenvalue weighted by Gasteiger charge is 2.13. The lowest BCUT2D eigenvalue weighted by Crippen LogP contribution is -2.37. The van der Waals surface area contributed by atoms with Crippen LogP contribution in [0.1, 0.15) is 30.5 Å². The van der Waals surface area contributed by atoms with Crippen molar-refractivity contribution in [3.8, 4) is 0 Å². The quantitative estimate of drug-likeness (QED) is 0.283. The molecule has 0 radical (unpaired) electrons. The van der Waals surface area contributed by atoms with Crippen LogP contribution in [0.4, 0.5) is 5.82 Å². The van der Waals surface area contributed by atoms with Crippen molar-refractivity contribution in [1.29, 1.82) is 0 Å². The number of nitrogens with zero attached hydrogens (tertiary/aromatic N) is 4. The number of halogens is 1. The van der Waals surface area contributed by atoms with E-state index in [1.54, 1.807) is 7.05 Å². The molecule has 2 aromatic rings. The van der Waals surface area contributed by atoms with Crippen molar-refractivity contribution in [3.05, 3.63) is 59.3 Å². The van der Waals surface area contributed by atoms with E-state index in [0.29, 0.717) is 6.54 Å². The van der Waals surface area contributed by atoms with Crippen LogP contribution in [-0.4, -0.2) is 62.3 Å². The molecule has 1 aromatic heterocycles. The average molecular weight is 553 g/mol. The summed E-state index contributed by atoms with van der Waals surface area (Å²) in [5.41, 5.74) is 3.78. The standard InChI is InChI=1S/C24H36N6O.HI/c1-4-30(5-2)23-11-10-20(16-26-23)17-27-24(25-3)28-18-21-8-6-7-9-22(21)19-29-12-14-31-15-13-29;/h6-11,16H,4-5,12-15,17-19H2,1-3H3,(H2,25,27,28);1H. The average Bonchev–Trinajstić information content (AvgIpc) is 2.82. The highest BCUT2D eigenvalue weighted by atomic mass is 127. The normalized spacial score (nSPS) is 14.5. The lowest BCUT2D eigenvalue weighted by atomic mass is 10.1. The van der Waals surface area contributed by atoms with E-state index in [-0.39, 0.29) is 24.0 Å². The molecule has 0 amide bonds. The number of benzene rings is 1. The number of aromatic nitrogens is 1. The predicted octanol–water partition coefficient (Wildman–Crippen LogP) is 3.24. The van der Waals surface area contributed by atoms with Crippen molar-refractivity contribution in [2.24, 2.45) is 4.99 Å². The summed E-state index contributed by atoms with van der Waals surface area (Å²) >= 11 is 0. The first-order valence-corrected chi connectivity index (χ1v) is 11.2. The van der Waals surface area contributed by atoms with Crippen LogP contribution >= 0.6 is 24.0 Å². The van der Waals surface area contributed by atoms with E-state index in [4.69, 9.17) is 4.74 Å². The summed E-state index contributed by atoms with van der Waals surface area (Å²) in [6.07, 6.45) is 1.94. The minimum absolute atomic E-state index is 0. The molecule has 1 fully saturated rings. The van der Waals surface area contributed by atoms with Crippen LogP contribution in [0.5, 0.6) is 0 Å². The van der Waals surface area contributed by atoms with Gasteiger partial charge in [-0.25, -0.2) is 4.98 Å². The topological polar surface area (TPSA) is 65.0 Å². The largest absolute Gasteiger partial charge is 0.379 e. The molecule has 0 saturated carbocycles. The van der Waals surface area contributed by atoms with Crippen molar-refractivity contribution in [1.82, 2.24) is 20.5 Å². The zero-order valence-electron chi connectivity index (χ0n) is 19.5. The number of anilines is 1. The number of morpholine rings is 1. The van der Waals surface area contributed by atoms with Gasteiger partial charge in [0.25, 0.3) is 0 Å². The van der Waals surface area contributed by atoms with E-state index in [2.05, 4.69) is 80.7 Å². The van der Waals surface area contributed by atoms with Crippen LogP contribution in [-0.2, 0) is 24.4 Å². The van der Waals surface area contributed by atoms with Gasteiger partial charge in [0.2, 0.25) is 0 Å². The Bertz CT molecular complexity index is 819. The van der Waals surface area contributed by atoms with Gasteiger partial charge in [0, 0.05) is 59.1 Å². The van der Waals surface area contributed by atoms with E-state index in [1.165, 1.54) is 11.1 Å². The maximum Gasteiger partial charge on any atom is 0.191 e. The summed E-state index contributed by atoms with van der Waals surface area (Å²) in [4.78, 5) is 13.7. The van der Waals surface area contributed by atoms with E-state index < -0.39 is 0 Å². The second kappa shape index (κ2) is 14.3. The van der Waals surface area contributed by atoms with Crippen LogP contribution in [0.25, 0.3) is 0 Å². The molecule has 0 bridgehead atoms. The number of nitrogens with one attached hydrogen (secondary N) is 2. The van der Waals surface area contributed by atoms with Gasteiger partial charge < -0.3 is 20.3 Å². The van der Waals surface area contributed by atoms with E-state index in [1.807, 2.05) is 6.20 Å². The Labute approximate surface area is 209 Å². The van der Waals surface area contributed by atoms with Gasteiger partial charge in [-0.2, -0.15) is 0 Å². The van der Waals surface area contributed by atoms with Crippen LogP contribution in [0.2, 0.25) is 0 Å². The molecule has 32 heavy (non-hydrogen) atoms. The van der Waals surface area contributed by atoms with Crippen molar-refractivity contribution in [2.75, 3.05) is 51.3 Å². The number of ether oxygens (including phenoxy) is 1. The van der Waals surface area contributed by atoms with Gasteiger partial charge in [-0.05, 0) is 36.6 Å². The van der Waals surface area contributed by atoms with Crippen LogP contribution in [0.3, 0.4) is 0 Å². The zero-order chi connectivity index (χ0) is 21.9. The minimum atomic E-state index is 0. The molecule has 1 aromatic carbocycles. The Morgan fingerprint density at radius 2 is 1.72 bits per heavy atom. The Hall–Kier alpha value is -1.91. The fourth-order valence-corrected chi connectivity index (χ4v) is 3.73. The summed E-state index contributed by atoms with van der Waals surface area (Å²) in [5, 5.41) is 6.84. The Morgan fingerprint density at radius 1 is 1.03 bits per heavy atom. The van der Waals surface area contributed by atoms with Crippen molar-refractivity contribution >= 4 is 35.8 Å². The number of guanidine groups is 1. The van der Waals surface area contributed by atoms with E-state index in [0.717, 1.165) is 69.8 Å². The fourth-order valence-electron chi connectivity index (χ4n) is 3.73. The summed E-state index contributed by atoms with van der Waals surface area (Å²) < 4.78 is 5.47. The summed E-state index contributed by atoms with van der Waals surface area (Å²) in [7, 11) is 1.80. The number of hydrogen-bond acceptors (Lipinski definition) is 5. The third-order valence-corrected chi connectivity index (χ3v) is 5.64. The first-order chi connectivity index (χ1) is 15.2. The molecule has 1 aliphatic rings. The van der Waals surface area contributed by atoms with Gasteiger partial charge in [-0.1, -0.05) is 30.3 Å². The summed E-state index contributed by atoms with van der Waals surface area (Å²) in [6, 6.07) is 12.8. The van der Waals surface area contributed by atoms with E-state index >= 15 is 0 Å². The molecular formula is C24H37IN6O. The molecule has 7 nitrogen and oxygen atoms in total. The first kappa shape index (κ1) is 26.3. The van der Waals surface area contributed by atoms with Gasteiger partial charge in [0.1, 0.15) is 5.82 Å². The zero-order valence-corrected chi connectivity index (χ0v) is 21.8. The molecule has 1 saturated heterocycles. The maximum absolute atomic E-state index is 5.47. The molecule has 2 N–H and O–H groups in total. The number of aliphatic imine (C=N–C) groups is 1. The van der Waals surface area contributed by atoms with Gasteiger partial charge in [-0.15, -0.1) is 24.0 Å². The highest BCUT2D eigenvalue weighted by molar-refractivity contribution is 14.0. The first-order valence-electron chi connectivity index (χ1n) is 11.2. The van der Waals surface area contributed by atoms with Crippen LogP contribution in [0, 0.1) is 0 Å². The fraction of sp³-hybridized carbons (Fsp3) is 0.500. The molecule has 8 heteroatoms. The van der Waals surface area contributed by atoms with Crippen molar-refractivity contribution in [2.45, 2.75) is 33.5 Å². The summed E-state index contributed by atoms with van der Waals surface area (Å²) in [5.74, 6) is 1.81. The second-order valence-electron chi connectivity index (χ2n) is 7.63. The minimum Gasteiger partial charge on any atom is -0.379 e. The highest BCUT2D eigenvalue weighted by Crippen LogP contribution is 2.13. The molecule has 0 aliphatic carbocycles. The lowest BCUT2D eigenvalue weighted by Gasteiger charge is -2.27. The van der Waals surface area contributed by atoms with Crippen LogP contribution in [0.15, 0.2) is 47.6 Å². The monoisotopic (exact) mass is 552 g/mol. The van der Waals surface area contributed by atoms with E-state index in [9.17, 15) is 0 Å². The maximum atomic E-state index is 5.47. The Morgan fingerprint density at radius 3 is 2.34 bits per heavy atom. The third kappa shape index (κ3) is 7.90. The van der Waals surface area contributed by atoms with Gasteiger partial charge in [-0.3, -0.25) is 9.89 Å². The Kier molecular flexibility index (Phi) is 11.8. The number of pyridine rings is 1. The van der Waals surface area contributed by atoms with Crippen LogP contribution < -0.4 is 15.5 Å². The lowest BCUT2D eigenvalue weighted by molar-refractivity contribution is 0.0341. The SMILES string of the molecule is CCN(CC)c1ccc(CNC(=NC)NCc2ccccc2CN2CCOCC2)cn1.I. The predicted molar refractivity (Wildman–Crippen MR) is 143 cm³/mol. The second-order valence-corrected chi connectivity index (χ2v) is 7.63. The molecule has 0 atom stereocenters. The molecule has 176 valence electrons. The molecule has 1 aliphatic heterocycles. The molecule has 3 rings (SSSR count). The molecule has 0 unspecified atom stereocenters. The Balaban J connectivity index is 0.00000363. The van der Waals surface area contributed by atoms with Gasteiger partial charge in [0.15, 0.2) is 5.96 Å². The van der Waals surface area contributed by atoms with Gasteiger partial charge >= 0.3 is 0 Å². The smallest absolute Gasteiger partial charge is 0.191 e. The molecule has 2 heterocycles. The number of rotatable bonds is 9. The number of hydrogen-bond donors (Lipinski definition) is 2. The third-order valence-electron chi connectivity index (χ3n) is 5.64. The van der Waals surface area contributed by atoms with Gasteiger partial charge in [0.05, 0.1) is 13.2 Å². The summed E-state index contributed by atoms with van der Waals surface area (Å²) in [6.45, 7) is 12.2. The van der Waals surface area contributed by atoms with Crippen molar-refractivity contribution < 1.29 is 4.74 Å². The molecular weight excluding hydrogens is 515 g/mol.